The zero-order chi connectivity index (χ0) is 24.2. The molecule has 0 saturated heterocycles. The molecule has 0 aliphatic carbocycles. The molecule has 32 heavy (non-hydrogen) atoms. The summed E-state index contributed by atoms with van der Waals surface area (Å²) in [5, 5.41) is 27.4. The maximum Gasteiger partial charge on any atom is 0.472 e. The minimum absolute atomic E-state index is 0.268. The average molecular weight is 485 g/mol. The molecule has 0 rings (SSSR count). The van der Waals surface area contributed by atoms with Crippen LogP contribution in [0.2, 0.25) is 0 Å². The Kier molecular flexibility index (Phi) is 19.6. The van der Waals surface area contributed by atoms with Gasteiger partial charge in [0.15, 0.2) is 0 Å². The van der Waals surface area contributed by atoms with E-state index in [1.807, 2.05) is 0 Å². The van der Waals surface area contributed by atoms with E-state index in [9.17, 15) is 19.4 Å². The third-order valence-electron chi connectivity index (χ3n) is 4.92. The van der Waals surface area contributed by atoms with Gasteiger partial charge in [-0.25, -0.2) is 4.57 Å². The Hall–Kier alpha value is -0.540. The molecule has 0 aliphatic rings. The molecule has 0 radical (unpaired) electrons. The van der Waals surface area contributed by atoms with Crippen LogP contribution < -0.4 is 0 Å². The largest absolute Gasteiger partial charge is 0.472 e. The maximum absolute atomic E-state index is 11.7. The first-order chi connectivity index (χ1) is 15.2. The van der Waals surface area contributed by atoms with Crippen molar-refractivity contribution in [1.29, 1.82) is 0 Å². The third-order valence-corrected chi connectivity index (χ3v) is 5.87. The zero-order valence-electron chi connectivity index (χ0n) is 19.8. The molecule has 0 amide bonds. The lowest BCUT2D eigenvalue weighted by Crippen LogP contribution is -2.24. The van der Waals surface area contributed by atoms with Crippen LogP contribution in [0.15, 0.2) is 0 Å². The number of unbranched alkanes of at least 4 members (excludes halogenated alkanes) is 9. The van der Waals surface area contributed by atoms with Crippen molar-refractivity contribution in [2.45, 2.75) is 103 Å². The number of ether oxygens (including phenoxy) is 1. The van der Waals surface area contributed by atoms with Crippen molar-refractivity contribution in [3.8, 4) is 0 Å². The van der Waals surface area contributed by atoms with Gasteiger partial charge in [-0.2, -0.15) is 0 Å². The van der Waals surface area contributed by atoms with Gasteiger partial charge in [-0.15, -0.1) is 0 Å². The Morgan fingerprint density at radius 3 is 1.75 bits per heavy atom. The number of aliphatic hydroxyl groups excluding tert-OH is 3. The van der Waals surface area contributed by atoms with Gasteiger partial charge in [0.2, 0.25) is 0 Å². The van der Waals surface area contributed by atoms with Crippen LogP contribution in [0.3, 0.4) is 0 Å². The van der Waals surface area contributed by atoms with E-state index in [0.717, 1.165) is 25.2 Å². The van der Waals surface area contributed by atoms with Crippen LogP contribution in [0.4, 0.5) is 0 Å². The molecule has 0 spiro atoms. The Morgan fingerprint density at radius 2 is 1.25 bits per heavy atom. The minimum Gasteiger partial charge on any atom is -0.463 e. The van der Waals surface area contributed by atoms with Crippen LogP contribution in [0.1, 0.15) is 90.9 Å². The van der Waals surface area contributed by atoms with Crippen molar-refractivity contribution in [2.24, 2.45) is 5.92 Å². The first kappa shape index (κ1) is 31.5. The molecule has 10 heteroatoms. The molecule has 0 saturated carbocycles. The molecule has 3 atom stereocenters. The molecule has 0 heterocycles. The minimum atomic E-state index is -4.48. The molecule has 0 aromatic carbocycles. The maximum atomic E-state index is 11.7. The molecule has 0 bridgehead atoms. The average Bonchev–Trinajstić information content (AvgIpc) is 2.75. The van der Waals surface area contributed by atoms with E-state index in [1.54, 1.807) is 0 Å². The summed E-state index contributed by atoms with van der Waals surface area (Å²) in [6.07, 6.45) is 10.8. The van der Waals surface area contributed by atoms with Gasteiger partial charge in [0.1, 0.15) is 18.8 Å². The van der Waals surface area contributed by atoms with Gasteiger partial charge in [-0.3, -0.25) is 13.8 Å². The number of carbonyl (C=O) groups is 1. The lowest BCUT2D eigenvalue weighted by atomic mass is 10.0. The van der Waals surface area contributed by atoms with E-state index in [0.29, 0.717) is 0 Å². The second-order valence-corrected chi connectivity index (χ2v) is 10.2. The lowest BCUT2D eigenvalue weighted by molar-refractivity contribution is -0.147. The highest BCUT2D eigenvalue weighted by atomic mass is 31.2. The smallest absolute Gasteiger partial charge is 0.463 e. The fraction of sp³-hybridized carbons (Fsp3) is 0.955. The Bertz CT molecular complexity index is 502. The molecule has 0 aromatic heterocycles. The van der Waals surface area contributed by atoms with E-state index in [4.69, 9.17) is 14.9 Å². The topological polar surface area (TPSA) is 143 Å². The predicted molar refractivity (Wildman–Crippen MR) is 122 cm³/mol. The molecule has 3 unspecified atom stereocenters. The normalized spacial score (nSPS) is 15.5. The van der Waals surface area contributed by atoms with E-state index < -0.39 is 45.8 Å². The van der Waals surface area contributed by atoms with Crippen molar-refractivity contribution in [1.82, 2.24) is 0 Å². The number of phosphoric ester groups is 1. The third kappa shape index (κ3) is 21.3. The van der Waals surface area contributed by atoms with Crippen LogP contribution in [0, 0.1) is 5.92 Å². The van der Waals surface area contributed by atoms with Crippen molar-refractivity contribution in [3.63, 3.8) is 0 Å². The van der Waals surface area contributed by atoms with Crippen LogP contribution in [-0.2, 0) is 23.1 Å². The zero-order valence-corrected chi connectivity index (χ0v) is 20.7. The second kappa shape index (κ2) is 19.9. The molecular weight excluding hydrogens is 439 g/mol. The number of phosphoric acid groups is 1. The Balaban J connectivity index is 3.56. The summed E-state index contributed by atoms with van der Waals surface area (Å²) in [6, 6.07) is 0. The molecule has 0 fully saturated rings. The van der Waals surface area contributed by atoms with Gasteiger partial charge in [-0.1, -0.05) is 78.1 Å². The highest BCUT2D eigenvalue weighted by Crippen LogP contribution is 2.43. The van der Waals surface area contributed by atoms with Gasteiger partial charge in [-0.05, 0) is 12.3 Å². The standard InChI is InChI=1S/C22H45O9P/c1-19(2)13-11-9-7-5-3-4-6-8-10-12-14-22(26)29-16-21(25)18-31-32(27,28)30-17-20(24)15-23/h19-21,23-25H,3-18H2,1-2H3,(H,27,28). The van der Waals surface area contributed by atoms with Crippen molar-refractivity contribution in [2.75, 3.05) is 26.4 Å². The summed E-state index contributed by atoms with van der Waals surface area (Å²) in [7, 11) is -4.48. The first-order valence-electron chi connectivity index (χ1n) is 11.9. The Morgan fingerprint density at radius 1 is 0.781 bits per heavy atom. The molecule has 0 aromatic rings. The quantitative estimate of drug-likeness (QED) is 0.103. The SMILES string of the molecule is CC(C)CCCCCCCCCCCCC(=O)OCC(O)COP(=O)(O)OCC(O)CO. The number of hydrogen-bond acceptors (Lipinski definition) is 8. The van der Waals surface area contributed by atoms with Gasteiger partial charge in [0.05, 0.1) is 19.8 Å². The van der Waals surface area contributed by atoms with Gasteiger partial charge in [0, 0.05) is 6.42 Å². The number of hydrogen-bond donors (Lipinski definition) is 4. The highest BCUT2D eigenvalue weighted by molar-refractivity contribution is 7.47. The predicted octanol–water partition coefficient (Wildman–Crippen LogP) is 3.71. The summed E-state index contributed by atoms with van der Waals surface area (Å²) < 4.78 is 25.5. The van der Waals surface area contributed by atoms with E-state index >= 15 is 0 Å². The van der Waals surface area contributed by atoms with Crippen LogP contribution in [0.5, 0.6) is 0 Å². The monoisotopic (exact) mass is 484 g/mol. The number of carbonyl (C=O) groups excluding carboxylic acids is 1. The summed E-state index contributed by atoms with van der Waals surface area (Å²) >= 11 is 0. The lowest BCUT2D eigenvalue weighted by Gasteiger charge is -2.16. The first-order valence-corrected chi connectivity index (χ1v) is 13.4. The van der Waals surface area contributed by atoms with Gasteiger partial charge < -0.3 is 24.9 Å². The fourth-order valence-electron chi connectivity index (χ4n) is 3.00. The molecular formula is C22H45O9P. The van der Waals surface area contributed by atoms with Gasteiger partial charge in [0.25, 0.3) is 0 Å². The number of aliphatic hydroxyl groups is 3. The summed E-state index contributed by atoms with van der Waals surface area (Å²) in [5.41, 5.74) is 0. The summed E-state index contributed by atoms with van der Waals surface area (Å²) in [5.74, 6) is 0.373. The highest BCUT2D eigenvalue weighted by Gasteiger charge is 2.24. The van der Waals surface area contributed by atoms with Crippen LogP contribution in [-0.4, -0.2) is 64.8 Å². The number of esters is 1. The molecule has 0 aliphatic heterocycles. The molecule has 4 N–H and O–H groups in total. The molecule has 9 nitrogen and oxygen atoms in total. The van der Waals surface area contributed by atoms with Gasteiger partial charge >= 0.3 is 13.8 Å². The van der Waals surface area contributed by atoms with E-state index in [-0.39, 0.29) is 13.0 Å². The van der Waals surface area contributed by atoms with E-state index in [2.05, 4.69) is 22.9 Å². The fourth-order valence-corrected chi connectivity index (χ4v) is 3.79. The van der Waals surface area contributed by atoms with Crippen molar-refractivity contribution in [3.05, 3.63) is 0 Å². The van der Waals surface area contributed by atoms with Crippen molar-refractivity contribution < 1.29 is 43.4 Å². The van der Waals surface area contributed by atoms with Crippen molar-refractivity contribution >= 4 is 13.8 Å². The number of rotatable bonds is 22. The Labute approximate surface area is 193 Å². The molecule has 192 valence electrons. The second-order valence-electron chi connectivity index (χ2n) is 8.70. The van der Waals surface area contributed by atoms with Crippen LogP contribution in [0.25, 0.3) is 0 Å². The van der Waals surface area contributed by atoms with E-state index in [1.165, 1.54) is 51.4 Å². The summed E-state index contributed by atoms with van der Waals surface area (Å²) in [4.78, 5) is 21.1. The van der Waals surface area contributed by atoms with Crippen LogP contribution >= 0.6 is 7.82 Å². The summed E-state index contributed by atoms with van der Waals surface area (Å²) in [6.45, 7) is 2.39.